The van der Waals surface area contributed by atoms with E-state index in [4.69, 9.17) is 5.73 Å². The van der Waals surface area contributed by atoms with Crippen LogP contribution in [0.4, 0.5) is 4.39 Å². The lowest BCUT2D eigenvalue weighted by Crippen LogP contribution is -2.17. The molecule has 5 heteroatoms. The molecule has 0 unspecified atom stereocenters. The smallest absolute Gasteiger partial charge is 0.250 e. The molecule has 4 nitrogen and oxygen atoms in total. The van der Waals surface area contributed by atoms with Gasteiger partial charge < -0.3 is 10.8 Å². The van der Waals surface area contributed by atoms with Crippen molar-refractivity contribution in [2.45, 2.75) is 25.9 Å². The second kappa shape index (κ2) is 5.61. The van der Waals surface area contributed by atoms with E-state index in [0.29, 0.717) is 16.8 Å². The number of benzene rings is 1. The van der Waals surface area contributed by atoms with Crippen LogP contribution < -0.4 is 5.73 Å². The summed E-state index contributed by atoms with van der Waals surface area (Å²) < 4.78 is 14.1. The quantitative estimate of drug-likeness (QED) is 0.905. The molecule has 2 aromatic rings. The monoisotopic (exact) mass is 288 g/mol. The number of pyridine rings is 1. The van der Waals surface area contributed by atoms with Crippen LogP contribution in [-0.2, 0) is 12.0 Å². The van der Waals surface area contributed by atoms with Crippen molar-refractivity contribution in [2.75, 3.05) is 0 Å². The van der Waals surface area contributed by atoms with Gasteiger partial charge in [-0.15, -0.1) is 0 Å². The molecule has 110 valence electrons. The van der Waals surface area contributed by atoms with Crippen LogP contribution in [-0.4, -0.2) is 16.0 Å². The molecule has 2 rings (SSSR count). The third kappa shape index (κ3) is 3.44. The molecule has 0 atom stereocenters. The molecule has 0 aliphatic carbocycles. The van der Waals surface area contributed by atoms with Crippen molar-refractivity contribution in [3.63, 3.8) is 0 Å². The van der Waals surface area contributed by atoms with E-state index in [1.807, 2.05) is 0 Å². The van der Waals surface area contributed by atoms with Gasteiger partial charge in [-0.25, -0.2) is 4.39 Å². The molecule has 0 spiro atoms. The van der Waals surface area contributed by atoms with Gasteiger partial charge in [-0.05, 0) is 43.2 Å². The zero-order valence-corrected chi connectivity index (χ0v) is 11.9. The number of aromatic nitrogens is 1. The molecule has 3 N–H and O–H groups in total. The summed E-state index contributed by atoms with van der Waals surface area (Å²) >= 11 is 0. The summed E-state index contributed by atoms with van der Waals surface area (Å²) in [5.74, 6) is -1.04. The molecular formula is C16H17FN2O2. The molecule has 0 saturated carbocycles. The molecule has 0 saturated heterocycles. The van der Waals surface area contributed by atoms with E-state index in [2.05, 4.69) is 4.98 Å². The zero-order valence-electron chi connectivity index (χ0n) is 11.9. The largest absolute Gasteiger partial charge is 0.386 e. The fraction of sp³-hybridized carbons (Fsp3) is 0.250. The van der Waals surface area contributed by atoms with E-state index in [1.165, 1.54) is 12.3 Å². The van der Waals surface area contributed by atoms with Gasteiger partial charge in [0.2, 0.25) is 0 Å². The van der Waals surface area contributed by atoms with E-state index >= 15 is 0 Å². The zero-order chi connectivity index (χ0) is 15.6. The topological polar surface area (TPSA) is 76.2 Å². The SMILES string of the molecule is CC(C)(O)c1ccc(Cc2ncccc2C(N)=O)c(F)c1. The Bertz CT molecular complexity index is 678. The van der Waals surface area contributed by atoms with Crippen molar-refractivity contribution in [1.82, 2.24) is 4.98 Å². The summed E-state index contributed by atoms with van der Waals surface area (Å²) in [5, 5.41) is 9.87. The number of aliphatic hydroxyl groups is 1. The van der Waals surface area contributed by atoms with Crippen LogP contribution in [0.1, 0.15) is 41.0 Å². The second-order valence-electron chi connectivity index (χ2n) is 5.40. The Hall–Kier alpha value is -2.27. The molecule has 0 aliphatic heterocycles. The maximum absolute atomic E-state index is 14.1. The Morgan fingerprint density at radius 1 is 1.38 bits per heavy atom. The normalized spacial score (nSPS) is 11.4. The summed E-state index contributed by atoms with van der Waals surface area (Å²) in [4.78, 5) is 15.4. The number of nitrogens with two attached hydrogens (primary N) is 1. The molecular weight excluding hydrogens is 271 g/mol. The van der Waals surface area contributed by atoms with Crippen molar-refractivity contribution < 1.29 is 14.3 Å². The standard InChI is InChI=1S/C16H17FN2O2/c1-16(2,21)11-6-5-10(13(17)9-11)8-14-12(15(18)20)4-3-7-19-14/h3-7,9,21H,8H2,1-2H3,(H2,18,20). The highest BCUT2D eigenvalue weighted by Crippen LogP contribution is 2.23. The lowest BCUT2D eigenvalue weighted by molar-refractivity contribution is 0.0782. The van der Waals surface area contributed by atoms with Crippen LogP contribution in [0.25, 0.3) is 0 Å². The van der Waals surface area contributed by atoms with Gasteiger partial charge in [0, 0.05) is 12.6 Å². The van der Waals surface area contributed by atoms with E-state index in [9.17, 15) is 14.3 Å². The number of carbonyl (C=O) groups is 1. The summed E-state index contributed by atoms with van der Waals surface area (Å²) in [5.41, 5.74) is 5.76. The van der Waals surface area contributed by atoms with Gasteiger partial charge in [0.15, 0.2) is 0 Å². The third-order valence-corrected chi connectivity index (χ3v) is 3.27. The van der Waals surface area contributed by atoms with Gasteiger partial charge in [-0.3, -0.25) is 9.78 Å². The number of amides is 1. The molecule has 0 bridgehead atoms. The number of carbonyl (C=O) groups excluding carboxylic acids is 1. The van der Waals surface area contributed by atoms with Crippen LogP contribution in [0.3, 0.4) is 0 Å². The van der Waals surface area contributed by atoms with Crippen molar-refractivity contribution in [2.24, 2.45) is 5.73 Å². The van der Waals surface area contributed by atoms with Crippen molar-refractivity contribution in [1.29, 1.82) is 0 Å². The molecule has 1 amide bonds. The second-order valence-corrected chi connectivity index (χ2v) is 5.40. The first-order valence-electron chi connectivity index (χ1n) is 6.54. The van der Waals surface area contributed by atoms with Crippen molar-refractivity contribution in [3.8, 4) is 0 Å². The van der Waals surface area contributed by atoms with Crippen LogP contribution >= 0.6 is 0 Å². The van der Waals surface area contributed by atoms with E-state index in [1.54, 1.807) is 38.1 Å². The number of nitrogens with zero attached hydrogens (tertiary/aromatic N) is 1. The minimum Gasteiger partial charge on any atom is -0.386 e. The molecule has 1 aromatic heterocycles. The highest BCUT2D eigenvalue weighted by Gasteiger charge is 2.18. The summed E-state index contributed by atoms with van der Waals surface area (Å²) in [6.07, 6.45) is 1.70. The summed E-state index contributed by atoms with van der Waals surface area (Å²) in [6, 6.07) is 7.71. The van der Waals surface area contributed by atoms with Gasteiger partial charge in [0.05, 0.1) is 16.9 Å². The predicted octanol–water partition coefficient (Wildman–Crippen LogP) is 2.14. The molecule has 1 aromatic carbocycles. The van der Waals surface area contributed by atoms with Gasteiger partial charge in [0.1, 0.15) is 5.82 Å². The number of rotatable bonds is 4. The third-order valence-electron chi connectivity index (χ3n) is 3.27. The lowest BCUT2D eigenvalue weighted by atomic mass is 9.95. The van der Waals surface area contributed by atoms with Gasteiger partial charge >= 0.3 is 0 Å². The predicted molar refractivity (Wildman–Crippen MR) is 77.2 cm³/mol. The highest BCUT2D eigenvalue weighted by atomic mass is 19.1. The lowest BCUT2D eigenvalue weighted by Gasteiger charge is -2.18. The Kier molecular flexibility index (Phi) is 4.04. The van der Waals surface area contributed by atoms with Crippen LogP contribution in [0, 0.1) is 5.82 Å². The fourth-order valence-electron chi connectivity index (χ4n) is 2.05. The van der Waals surface area contributed by atoms with Crippen LogP contribution in [0.5, 0.6) is 0 Å². The Balaban J connectivity index is 2.35. The highest BCUT2D eigenvalue weighted by molar-refractivity contribution is 5.93. The van der Waals surface area contributed by atoms with Gasteiger partial charge in [-0.1, -0.05) is 12.1 Å². The minimum absolute atomic E-state index is 0.164. The first kappa shape index (κ1) is 15.1. The number of primary amides is 1. The van der Waals surface area contributed by atoms with E-state index in [0.717, 1.165) is 0 Å². The Labute approximate surface area is 122 Å². The van der Waals surface area contributed by atoms with Gasteiger partial charge in [-0.2, -0.15) is 0 Å². The maximum Gasteiger partial charge on any atom is 0.250 e. The maximum atomic E-state index is 14.1. The van der Waals surface area contributed by atoms with Crippen LogP contribution in [0.2, 0.25) is 0 Å². The van der Waals surface area contributed by atoms with Gasteiger partial charge in [0.25, 0.3) is 5.91 Å². The molecule has 1 heterocycles. The average Bonchev–Trinajstić information content (AvgIpc) is 2.40. The minimum atomic E-state index is -1.11. The fourth-order valence-corrected chi connectivity index (χ4v) is 2.05. The number of halogens is 1. The summed E-state index contributed by atoms with van der Waals surface area (Å²) in [7, 11) is 0. The Morgan fingerprint density at radius 3 is 2.67 bits per heavy atom. The van der Waals surface area contributed by atoms with Crippen molar-refractivity contribution in [3.05, 3.63) is 64.7 Å². The first-order valence-corrected chi connectivity index (χ1v) is 6.54. The first-order chi connectivity index (χ1) is 9.79. The van der Waals surface area contributed by atoms with E-state index < -0.39 is 17.3 Å². The van der Waals surface area contributed by atoms with E-state index in [-0.39, 0.29) is 12.0 Å². The molecule has 21 heavy (non-hydrogen) atoms. The molecule has 0 fully saturated rings. The average molecular weight is 288 g/mol. The number of hydrogen-bond donors (Lipinski definition) is 2. The van der Waals surface area contributed by atoms with Crippen molar-refractivity contribution >= 4 is 5.91 Å². The molecule has 0 aliphatic rings. The number of hydrogen-bond acceptors (Lipinski definition) is 3. The summed E-state index contributed by atoms with van der Waals surface area (Å²) in [6.45, 7) is 3.18. The molecule has 0 radical (unpaired) electrons. The Morgan fingerprint density at radius 2 is 2.10 bits per heavy atom. The van der Waals surface area contributed by atoms with Crippen LogP contribution in [0.15, 0.2) is 36.5 Å².